The third-order valence-electron chi connectivity index (χ3n) is 2.47. The van der Waals surface area contributed by atoms with Gasteiger partial charge < -0.3 is 5.32 Å². The van der Waals surface area contributed by atoms with Crippen molar-refractivity contribution in [2.75, 3.05) is 16.8 Å². The number of hydrogen-bond donors (Lipinski definition) is 1. The molecule has 0 saturated heterocycles. The van der Waals surface area contributed by atoms with Gasteiger partial charge in [0.25, 0.3) is 0 Å². The SMILES string of the molecule is C=CCSc1nnc(NC(=O)CCSc2ccc(F)c(F)c2)s1. The minimum atomic E-state index is -0.891. The van der Waals surface area contributed by atoms with E-state index in [1.165, 1.54) is 40.9 Å². The smallest absolute Gasteiger partial charge is 0.227 e. The van der Waals surface area contributed by atoms with Gasteiger partial charge in [-0.15, -0.1) is 28.5 Å². The van der Waals surface area contributed by atoms with Crippen LogP contribution in [-0.2, 0) is 4.79 Å². The highest BCUT2D eigenvalue weighted by Crippen LogP contribution is 2.26. The highest BCUT2D eigenvalue weighted by Gasteiger charge is 2.09. The molecule has 0 saturated carbocycles. The number of aromatic nitrogens is 2. The van der Waals surface area contributed by atoms with Crippen LogP contribution in [-0.4, -0.2) is 27.6 Å². The van der Waals surface area contributed by atoms with Gasteiger partial charge in [0.15, 0.2) is 16.0 Å². The second kappa shape index (κ2) is 8.99. The molecular formula is C14H13F2N3OS3. The predicted molar refractivity (Wildman–Crippen MR) is 91.2 cm³/mol. The molecule has 0 aliphatic carbocycles. The summed E-state index contributed by atoms with van der Waals surface area (Å²) in [5.41, 5.74) is 0. The van der Waals surface area contributed by atoms with E-state index >= 15 is 0 Å². The first-order valence-electron chi connectivity index (χ1n) is 6.53. The van der Waals surface area contributed by atoms with Crippen molar-refractivity contribution in [2.45, 2.75) is 15.7 Å². The normalized spacial score (nSPS) is 10.5. The summed E-state index contributed by atoms with van der Waals surface area (Å²) >= 11 is 4.07. The Morgan fingerprint density at radius 2 is 2.13 bits per heavy atom. The molecule has 23 heavy (non-hydrogen) atoms. The number of nitrogens with zero attached hydrogens (tertiary/aromatic N) is 2. The standard InChI is InChI=1S/C14H13F2N3OS3/c1-2-6-22-14-19-18-13(23-14)17-12(20)5-7-21-9-3-4-10(15)11(16)8-9/h2-4,8H,1,5-7H2,(H,17,18,20). The number of amides is 1. The molecule has 1 aromatic heterocycles. The molecule has 0 unspecified atom stereocenters. The molecule has 4 nitrogen and oxygen atoms in total. The van der Waals surface area contributed by atoms with Crippen LogP contribution in [0.5, 0.6) is 0 Å². The van der Waals surface area contributed by atoms with Crippen LogP contribution in [0.25, 0.3) is 0 Å². The second-order valence-electron chi connectivity index (χ2n) is 4.20. The van der Waals surface area contributed by atoms with Crippen molar-refractivity contribution >= 4 is 45.9 Å². The van der Waals surface area contributed by atoms with E-state index in [9.17, 15) is 13.6 Å². The Morgan fingerprint density at radius 3 is 2.87 bits per heavy atom. The molecular weight excluding hydrogens is 360 g/mol. The number of hydrogen-bond acceptors (Lipinski definition) is 6. The third-order valence-corrected chi connectivity index (χ3v) is 5.43. The van der Waals surface area contributed by atoms with Gasteiger partial charge in [0, 0.05) is 22.8 Å². The van der Waals surface area contributed by atoms with E-state index in [2.05, 4.69) is 22.1 Å². The molecule has 0 aliphatic rings. The van der Waals surface area contributed by atoms with Gasteiger partial charge in [-0.05, 0) is 18.2 Å². The fourth-order valence-electron chi connectivity index (χ4n) is 1.46. The van der Waals surface area contributed by atoms with Crippen molar-refractivity contribution < 1.29 is 13.6 Å². The van der Waals surface area contributed by atoms with E-state index in [4.69, 9.17) is 0 Å². The summed E-state index contributed by atoms with van der Waals surface area (Å²) in [6.07, 6.45) is 2.00. The minimum Gasteiger partial charge on any atom is -0.300 e. The molecule has 1 amide bonds. The molecule has 1 aromatic carbocycles. The van der Waals surface area contributed by atoms with E-state index in [0.717, 1.165) is 22.2 Å². The third kappa shape index (κ3) is 5.92. The Balaban J connectivity index is 1.75. The van der Waals surface area contributed by atoms with Gasteiger partial charge in [0.05, 0.1) is 0 Å². The maximum absolute atomic E-state index is 13.1. The Morgan fingerprint density at radius 1 is 1.30 bits per heavy atom. The summed E-state index contributed by atoms with van der Waals surface area (Å²) in [7, 11) is 0. The number of rotatable bonds is 8. The maximum atomic E-state index is 13.1. The minimum absolute atomic E-state index is 0.198. The van der Waals surface area contributed by atoms with Crippen LogP contribution in [0.3, 0.4) is 0 Å². The lowest BCUT2D eigenvalue weighted by Crippen LogP contribution is -2.11. The summed E-state index contributed by atoms with van der Waals surface area (Å²) in [6, 6.07) is 3.67. The summed E-state index contributed by atoms with van der Waals surface area (Å²) in [6.45, 7) is 3.62. The van der Waals surface area contributed by atoms with Gasteiger partial charge in [-0.1, -0.05) is 29.2 Å². The molecule has 0 aliphatic heterocycles. The first kappa shape index (κ1) is 17.9. The highest BCUT2D eigenvalue weighted by molar-refractivity contribution is 8.01. The van der Waals surface area contributed by atoms with Gasteiger partial charge in [0.2, 0.25) is 11.0 Å². The van der Waals surface area contributed by atoms with Crippen LogP contribution < -0.4 is 5.32 Å². The summed E-state index contributed by atoms with van der Waals surface area (Å²) in [5, 5.41) is 10.9. The lowest BCUT2D eigenvalue weighted by molar-refractivity contribution is -0.115. The number of thioether (sulfide) groups is 2. The number of carbonyl (C=O) groups excluding carboxylic acids is 1. The molecule has 9 heteroatoms. The molecule has 0 atom stereocenters. The van der Waals surface area contributed by atoms with Crippen molar-refractivity contribution in [3.05, 3.63) is 42.5 Å². The molecule has 122 valence electrons. The van der Waals surface area contributed by atoms with Crippen molar-refractivity contribution in [2.24, 2.45) is 0 Å². The van der Waals surface area contributed by atoms with Gasteiger partial charge in [-0.3, -0.25) is 4.79 Å². The molecule has 2 aromatic rings. The van der Waals surface area contributed by atoms with Crippen LogP contribution in [0.4, 0.5) is 13.9 Å². The quantitative estimate of drug-likeness (QED) is 0.427. The van der Waals surface area contributed by atoms with Gasteiger partial charge >= 0.3 is 0 Å². The largest absolute Gasteiger partial charge is 0.300 e. The second-order valence-corrected chi connectivity index (χ2v) is 7.61. The number of benzene rings is 1. The zero-order valence-corrected chi connectivity index (χ0v) is 14.4. The zero-order valence-electron chi connectivity index (χ0n) is 11.9. The van der Waals surface area contributed by atoms with E-state index in [1.54, 1.807) is 6.08 Å². The Labute approximate surface area is 144 Å². The van der Waals surface area contributed by atoms with Crippen molar-refractivity contribution in [1.82, 2.24) is 10.2 Å². The number of carbonyl (C=O) groups is 1. The van der Waals surface area contributed by atoms with Gasteiger partial charge in [-0.2, -0.15) is 0 Å². The van der Waals surface area contributed by atoms with Crippen LogP contribution in [0.1, 0.15) is 6.42 Å². The zero-order chi connectivity index (χ0) is 16.7. The molecule has 0 spiro atoms. The van der Waals surface area contributed by atoms with Crippen molar-refractivity contribution in [3.63, 3.8) is 0 Å². The lowest BCUT2D eigenvalue weighted by Gasteiger charge is -2.02. The van der Waals surface area contributed by atoms with Crippen molar-refractivity contribution in [1.29, 1.82) is 0 Å². The molecule has 1 heterocycles. The van der Waals surface area contributed by atoms with E-state index < -0.39 is 11.6 Å². The number of anilines is 1. The molecule has 2 rings (SSSR count). The average molecular weight is 373 g/mol. The Kier molecular flexibility index (Phi) is 7.00. The van der Waals surface area contributed by atoms with Crippen LogP contribution in [0.15, 0.2) is 40.1 Å². The summed E-state index contributed by atoms with van der Waals surface area (Å²) in [4.78, 5) is 12.4. The van der Waals surface area contributed by atoms with Crippen LogP contribution in [0, 0.1) is 11.6 Å². The lowest BCUT2D eigenvalue weighted by atomic mass is 10.3. The molecule has 1 N–H and O–H groups in total. The van der Waals surface area contributed by atoms with E-state index in [-0.39, 0.29) is 12.3 Å². The molecule has 0 bridgehead atoms. The monoisotopic (exact) mass is 373 g/mol. The first-order valence-corrected chi connectivity index (χ1v) is 9.32. The topological polar surface area (TPSA) is 54.9 Å². The molecule has 0 fully saturated rings. The average Bonchev–Trinajstić information content (AvgIpc) is 2.96. The van der Waals surface area contributed by atoms with Crippen LogP contribution >= 0.6 is 34.9 Å². The van der Waals surface area contributed by atoms with Crippen LogP contribution in [0.2, 0.25) is 0 Å². The Bertz CT molecular complexity index is 694. The molecule has 0 radical (unpaired) electrons. The van der Waals surface area contributed by atoms with E-state index in [0.29, 0.717) is 15.8 Å². The summed E-state index contributed by atoms with van der Waals surface area (Å²) < 4.78 is 26.6. The van der Waals surface area contributed by atoms with Gasteiger partial charge in [-0.25, -0.2) is 8.78 Å². The fraction of sp³-hybridized carbons (Fsp3) is 0.214. The van der Waals surface area contributed by atoms with Crippen molar-refractivity contribution in [3.8, 4) is 0 Å². The highest BCUT2D eigenvalue weighted by atomic mass is 32.2. The van der Waals surface area contributed by atoms with Gasteiger partial charge in [0.1, 0.15) is 0 Å². The Hall–Kier alpha value is -1.45. The van der Waals surface area contributed by atoms with E-state index in [1.807, 2.05) is 0 Å². The summed E-state index contributed by atoms with van der Waals surface area (Å²) in [5.74, 6) is -0.788. The predicted octanol–water partition coefficient (Wildman–Crippen LogP) is 4.22. The first-order chi connectivity index (χ1) is 11.1. The number of halogens is 2. The maximum Gasteiger partial charge on any atom is 0.227 e. The number of nitrogens with one attached hydrogen (secondary N) is 1. The fourth-order valence-corrected chi connectivity index (χ4v) is 3.86.